The Balaban J connectivity index is 2.07. The molecule has 2 heteroatoms. The third-order valence-electron chi connectivity index (χ3n) is 3.15. The average molecular weight is 205 g/mol. The zero-order chi connectivity index (χ0) is 10.8. The first-order chi connectivity index (χ1) is 7.15. The van der Waals surface area contributed by atoms with Gasteiger partial charge in [0, 0.05) is 19.6 Å². The second-order valence-electron chi connectivity index (χ2n) is 4.61. The highest BCUT2D eigenvalue weighted by Gasteiger charge is 2.20. The van der Waals surface area contributed by atoms with Crippen molar-refractivity contribution in [3.05, 3.63) is 34.9 Å². The standard InChI is InChI=1S/C13H19NO/c1-10-3-4-11(2)12(7-10)8-14-6-5-13(15)9-14/h3-4,7,13,15H,5-6,8-9H2,1-2H3/t13-/m1/s1. The van der Waals surface area contributed by atoms with E-state index in [1.807, 2.05) is 0 Å². The number of aryl methyl sites for hydroxylation is 2. The summed E-state index contributed by atoms with van der Waals surface area (Å²) in [7, 11) is 0. The molecule has 1 heterocycles. The maximum absolute atomic E-state index is 9.46. The Morgan fingerprint density at radius 3 is 2.87 bits per heavy atom. The number of nitrogens with zero attached hydrogens (tertiary/aromatic N) is 1. The first-order valence-electron chi connectivity index (χ1n) is 5.61. The third kappa shape index (κ3) is 2.58. The van der Waals surface area contributed by atoms with Crippen LogP contribution in [0.15, 0.2) is 18.2 Å². The van der Waals surface area contributed by atoms with Crippen molar-refractivity contribution < 1.29 is 5.11 Å². The summed E-state index contributed by atoms with van der Waals surface area (Å²) in [6, 6.07) is 6.58. The van der Waals surface area contributed by atoms with Crippen molar-refractivity contribution in [1.82, 2.24) is 4.90 Å². The van der Waals surface area contributed by atoms with Crippen LogP contribution >= 0.6 is 0 Å². The monoisotopic (exact) mass is 205 g/mol. The summed E-state index contributed by atoms with van der Waals surface area (Å²) in [6.45, 7) is 7.11. The van der Waals surface area contributed by atoms with Crippen molar-refractivity contribution in [2.24, 2.45) is 0 Å². The Labute approximate surface area is 91.5 Å². The van der Waals surface area contributed by atoms with E-state index in [0.717, 1.165) is 26.1 Å². The van der Waals surface area contributed by atoms with Gasteiger partial charge in [0.05, 0.1) is 6.10 Å². The van der Waals surface area contributed by atoms with Gasteiger partial charge in [-0.2, -0.15) is 0 Å². The molecule has 1 atom stereocenters. The molecule has 82 valence electrons. The van der Waals surface area contributed by atoms with Gasteiger partial charge in [-0.1, -0.05) is 23.8 Å². The average Bonchev–Trinajstić information content (AvgIpc) is 2.58. The lowest BCUT2D eigenvalue weighted by Gasteiger charge is -2.16. The Kier molecular flexibility index (Phi) is 3.08. The Morgan fingerprint density at radius 1 is 1.40 bits per heavy atom. The van der Waals surface area contributed by atoms with Gasteiger partial charge in [-0.15, -0.1) is 0 Å². The fraction of sp³-hybridized carbons (Fsp3) is 0.538. The van der Waals surface area contributed by atoms with Crippen LogP contribution in [0, 0.1) is 13.8 Å². The largest absolute Gasteiger partial charge is 0.392 e. The van der Waals surface area contributed by atoms with Gasteiger partial charge in [-0.25, -0.2) is 0 Å². The van der Waals surface area contributed by atoms with Crippen molar-refractivity contribution in [3.8, 4) is 0 Å². The quantitative estimate of drug-likeness (QED) is 0.796. The van der Waals surface area contributed by atoms with Gasteiger partial charge >= 0.3 is 0 Å². The minimum Gasteiger partial charge on any atom is -0.392 e. The Hall–Kier alpha value is -0.860. The fourth-order valence-corrected chi connectivity index (χ4v) is 2.17. The second kappa shape index (κ2) is 4.33. The van der Waals surface area contributed by atoms with E-state index in [1.54, 1.807) is 0 Å². The molecule has 0 unspecified atom stereocenters. The lowest BCUT2D eigenvalue weighted by Crippen LogP contribution is -2.21. The van der Waals surface area contributed by atoms with Crippen molar-refractivity contribution >= 4 is 0 Å². The van der Waals surface area contributed by atoms with Crippen LogP contribution in [0.25, 0.3) is 0 Å². The number of benzene rings is 1. The summed E-state index contributed by atoms with van der Waals surface area (Å²) < 4.78 is 0. The molecule has 15 heavy (non-hydrogen) atoms. The van der Waals surface area contributed by atoms with E-state index >= 15 is 0 Å². The first-order valence-corrected chi connectivity index (χ1v) is 5.61. The van der Waals surface area contributed by atoms with E-state index in [9.17, 15) is 5.11 Å². The predicted octanol–water partition coefficient (Wildman–Crippen LogP) is 1.87. The molecule has 0 saturated carbocycles. The van der Waals surface area contributed by atoms with Gasteiger partial charge in [0.2, 0.25) is 0 Å². The number of β-amino-alcohol motifs (C(OH)–C–C–N with tert-alkyl or cyclic N) is 1. The highest BCUT2D eigenvalue weighted by Crippen LogP contribution is 2.17. The van der Waals surface area contributed by atoms with Crippen molar-refractivity contribution in [1.29, 1.82) is 0 Å². The number of aliphatic hydroxyl groups is 1. The topological polar surface area (TPSA) is 23.5 Å². The molecule has 1 aliphatic rings. The molecular formula is C13H19NO. The zero-order valence-corrected chi connectivity index (χ0v) is 9.53. The predicted molar refractivity (Wildman–Crippen MR) is 61.8 cm³/mol. The highest BCUT2D eigenvalue weighted by atomic mass is 16.3. The van der Waals surface area contributed by atoms with Crippen LogP contribution in [-0.4, -0.2) is 29.2 Å². The smallest absolute Gasteiger partial charge is 0.0679 e. The molecule has 0 bridgehead atoms. The number of aliphatic hydroxyl groups excluding tert-OH is 1. The third-order valence-corrected chi connectivity index (χ3v) is 3.15. The van der Waals surface area contributed by atoms with Crippen molar-refractivity contribution in [2.75, 3.05) is 13.1 Å². The summed E-state index contributed by atoms with van der Waals surface area (Å²) in [5.41, 5.74) is 4.06. The van der Waals surface area contributed by atoms with Crippen LogP contribution in [-0.2, 0) is 6.54 Å². The van der Waals surface area contributed by atoms with Crippen LogP contribution < -0.4 is 0 Å². The minimum absolute atomic E-state index is 0.116. The number of hydrogen-bond acceptors (Lipinski definition) is 2. The molecule has 0 aliphatic carbocycles. The van der Waals surface area contributed by atoms with Gasteiger partial charge < -0.3 is 5.11 Å². The Bertz CT molecular complexity index is 348. The van der Waals surface area contributed by atoms with Gasteiger partial charge in [0.1, 0.15) is 0 Å². The second-order valence-corrected chi connectivity index (χ2v) is 4.61. The summed E-state index contributed by atoms with van der Waals surface area (Å²) in [4.78, 5) is 2.33. The van der Waals surface area contributed by atoms with E-state index < -0.39 is 0 Å². The molecule has 0 amide bonds. The molecule has 0 spiro atoms. The lowest BCUT2D eigenvalue weighted by atomic mass is 10.1. The molecule has 1 aromatic rings. The molecule has 1 aliphatic heterocycles. The molecule has 0 aromatic heterocycles. The summed E-state index contributed by atoms with van der Waals surface area (Å²) in [5, 5.41) is 9.46. The van der Waals surface area contributed by atoms with E-state index in [4.69, 9.17) is 0 Å². The first kappa shape index (κ1) is 10.7. The van der Waals surface area contributed by atoms with E-state index in [-0.39, 0.29) is 6.10 Å². The molecule has 1 N–H and O–H groups in total. The minimum atomic E-state index is -0.116. The molecule has 2 nitrogen and oxygen atoms in total. The van der Waals surface area contributed by atoms with Gasteiger partial charge in [-0.3, -0.25) is 4.90 Å². The van der Waals surface area contributed by atoms with E-state index in [0.29, 0.717) is 0 Å². The molecule has 1 aromatic carbocycles. The van der Waals surface area contributed by atoms with Crippen molar-refractivity contribution in [2.45, 2.75) is 32.9 Å². The SMILES string of the molecule is Cc1ccc(C)c(CN2CC[C@@H](O)C2)c1. The molecule has 1 fully saturated rings. The zero-order valence-electron chi connectivity index (χ0n) is 9.53. The molecule has 2 rings (SSSR count). The van der Waals surface area contributed by atoms with Crippen LogP contribution in [0.5, 0.6) is 0 Å². The number of rotatable bonds is 2. The van der Waals surface area contributed by atoms with E-state index in [2.05, 4.69) is 36.9 Å². The van der Waals surface area contributed by atoms with Crippen LogP contribution in [0.2, 0.25) is 0 Å². The lowest BCUT2D eigenvalue weighted by molar-refractivity contribution is 0.174. The number of likely N-dealkylation sites (tertiary alicyclic amines) is 1. The molecular weight excluding hydrogens is 186 g/mol. The molecule has 0 radical (unpaired) electrons. The molecule has 1 saturated heterocycles. The van der Waals surface area contributed by atoms with Crippen LogP contribution in [0.3, 0.4) is 0 Å². The fourth-order valence-electron chi connectivity index (χ4n) is 2.17. The van der Waals surface area contributed by atoms with Crippen LogP contribution in [0.1, 0.15) is 23.1 Å². The highest BCUT2D eigenvalue weighted by molar-refractivity contribution is 5.30. The van der Waals surface area contributed by atoms with Crippen LogP contribution in [0.4, 0.5) is 0 Å². The summed E-state index contributed by atoms with van der Waals surface area (Å²) >= 11 is 0. The number of hydrogen-bond donors (Lipinski definition) is 1. The van der Waals surface area contributed by atoms with Crippen molar-refractivity contribution in [3.63, 3.8) is 0 Å². The van der Waals surface area contributed by atoms with Gasteiger partial charge in [0.25, 0.3) is 0 Å². The normalized spacial score (nSPS) is 22.2. The van der Waals surface area contributed by atoms with Gasteiger partial charge in [-0.05, 0) is 31.4 Å². The van der Waals surface area contributed by atoms with E-state index in [1.165, 1.54) is 16.7 Å². The maximum atomic E-state index is 9.46. The summed E-state index contributed by atoms with van der Waals surface area (Å²) in [5.74, 6) is 0. The van der Waals surface area contributed by atoms with Gasteiger partial charge in [0.15, 0.2) is 0 Å². The summed E-state index contributed by atoms with van der Waals surface area (Å²) in [6.07, 6.45) is 0.806. The maximum Gasteiger partial charge on any atom is 0.0679 e. The Morgan fingerprint density at radius 2 is 2.20 bits per heavy atom.